The Kier molecular flexibility index (Phi) is 13.0. The van der Waals surface area contributed by atoms with E-state index in [2.05, 4.69) is 107 Å². The average Bonchev–Trinajstić information content (AvgIpc) is 3.60. The van der Waals surface area contributed by atoms with Crippen LogP contribution >= 0.6 is 0 Å². The molecule has 2 aromatic heterocycles. The van der Waals surface area contributed by atoms with Gasteiger partial charge in [0.15, 0.2) is 24.8 Å². The Morgan fingerprint density at radius 3 is 1.05 bits per heavy atom. The Bertz CT molecular complexity index is 1280. The van der Waals surface area contributed by atoms with Crippen LogP contribution < -0.4 is 57.3 Å². The van der Waals surface area contributed by atoms with Crippen molar-refractivity contribution in [2.75, 3.05) is 0 Å². The zero-order valence-electron chi connectivity index (χ0n) is 22.1. The Morgan fingerprint density at radius 2 is 0.725 bits per heavy atom. The van der Waals surface area contributed by atoms with Crippen LogP contribution in [0.1, 0.15) is 22.3 Å². The summed E-state index contributed by atoms with van der Waals surface area (Å²) in [7, 11) is 0. The van der Waals surface area contributed by atoms with E-state index < -0.39 is 0 Å². The van der Waals surface area contributed by atoms with Crippen LogP contribution in [-0.2, 0) is 26.2 Å². The molecule has 204 valence electrons. The molecular formula is C32H32I2N6. The Balaban J connectivity index is 0.000000210. The first-order valence-electron chi connectivity index (χ1n) is 12.8. The summed E-state index contributed by atoms with van der Waals surface area (Å²) in [6, 6.07) is 41.5. The van der Waals surface area contributed by atoms with Crippen LogP contribution in [0.5, 0.6) is 0 Å². The second-order valence-electron chi connectivity index (χ2n) is 9.11. The van der Waals surface area contributed by atoms with Crippen LogP contribution in [0, 0.1) is 0 Å². The lowest BCUT2D eigenvalue weighted by molar-refractivity contribution is -0.747. The molecule has 0 saturated carbocycles. The number of aromatic nitrogens is 6. The molecule has 2 heterocycles. The molecule has 0 atom stereocenters. The first-order chi connectivity index (χ1) is 18.8. The SMILES string of the molecule is [I-].[I-].c1ccc(Cn2cc[n+](Cc3ccccc3)n2)cc1.c1ccc(Cn2cc[n+](Cc3ccccc3)n2)cc1. The van der Waals surface area contributed by atoms with E-state index >= 15 is 0 Å². The Hall–Kier alpha value is -3.38. The van der Waals surface area contributed by atoms with Crippen LogP contribution in [0.2, 0.25) is 0 Å². The zero-order valence-corrected chi connectivity index (χ0v) is 26.4. The Morgan fingerprint density at radius 1 is 0.425 bits per heavy atom. The van der Waals surface area contributed by atoms with Crippen molar-refractivity contribution >= 4 is 0 Å². The molecule has 0 saturated heterocycles. The highest BCUT2D eigenvalue weighted by Gasteiger charge is 2.08. The first kappa shape index (κ1) is 31.2. The van der Waals surface area contributed by atoms with Crippen LogP contribution in [0.25, 0.3) is 0 Å². The van der Waals surface area contributed by atoms with Crippen LogP contribution in [0.15, 0.2) is 146 Å². The average molecular weight is 754 g/mol. The summed E-state index contributed by atoms with van der Waals surface area (Å²) in [4.78, 5) is 0. The predicted molar refractivity (Wildman–Crippen MR) is 147 cm³/mol. The van der Waals surface area contributed by atoms with Gasteiger partial charge in [0, 0.05) is 0 Å². The molecule has 0 aliphatic rings. The summed E-state index contributed by atoms with van der Waals surface area (Å²) in [6.07, 6.45) is 8.04. The van der Waals surface area contributed by atoms with Crippen LogP contribution in [0.3, 0.4) is 0 Å². The maximum atomic E-state index is 4.53. The van der Waals surface area contributed by atoms with Crippen LogP contribution in [0.4, 0.5) is 0 Å². The minimum atomic E-state index is 0. The van der Waals surface area contributed by atoms with Crippen molar-refractivity contribution in [3.63, 3.8) is 0 Å². The zero-order chi connectivity index (χ0) is 25.8. The third kappa shape index (κ3) is 9.98. The molecule has 6 rings (SSSR count). The van der Waals surface area contributed by atoms with E-state index in [1.54, 1.807) is 0 Å². The van der Waals surface area contributed by atoms with Gasteiger partial charge < -0.3 is 48.0 Å². The highest BCUT2D eigenvalue weighted by molar-refractivity contribution is 5.16. The first-order valence-corrected chi connectivity index (χ1v) is 12.8. The fraction of sp³-hybridized carbons (Fsp3) is 0.125. The van der Waals surface area contributed by atoms with Gasteiger partial charge in [0.1, 0.15) is 26.2 Å². The summed E-state index contributed by atoms with van der Waals surface area (Å²) in [5, 5.41) is 9.07. The third-order valence-electron chi connectivity index (χ3n) is 6.03. The van der Waals surface area contributed by atoms with Gasteiger partial charge in [0.2, 0.25) is 0 Å². The van der Waals surface area contributed by atoms with Gasteiger partial charge in [-0.2, -0.15) is 0 Å². The standard InChI is InChI=1S/2C16H16N3.2HI/c2*1-3-7-15(8-4-1)13-18-11-12-19(17-18)14-16-9-5-2-6-10-16;;/h2*1-12H,13-14H2;2*1H/q2*+1;;/p-2. The summed E-state index contributed by atoms with van der Waals surface area (Å²) >= 11 is 0. The summed E-state index contributed by atoms with van der Waals surface area (Å²) < 4.78 is 7.83. The van der Waals surface area contributed by atoms with E-state index in [0.29, 0.717) is 0 Å². The number of halogens is 2. The Labute approximate surface area is 269 Å². The van der Waals surface area contributed by atoms with Crippen molar-refractivity contribution in [2.24, 2.45) is 0 Å². The van der Waals surface area contributed by atoms with Crippen molar-refractivity contribution in [1.29, 1.82) is 0 Å². The minimum absolute atomic E-state index is 0. The molecule has 0 aliphatic carbocycles. The van der Waals surface area contributed by atoms with E-state index in [4.69, 9.17) is 0 Å². The lowest BCUT2D eigenvalue weighted by Gasteiger charge is -1.96. The van der Waals surface area contributed by atoms with E-state index in [-0.39, 0.29) is 48.0 Å². The second kappa shape index (κ2) is 16.7. The maximum absolute atomic E-state index is 4.53. The molecule has 0 radical (unpaired) electrons. The van der Waals surface area contributed by atoms with E-state index in [1.807, 2.05) is 67.8 Å². The van der Waals surface area contributed by atoms with E-state index in [1.165, 1.54) is 22.3 Å². The molecule has 0 fully saturated rings. The number of rotatable bonds is 8. The topological polar surface area (TPSA) is 43.4 Å². The van der Waals surface area contributed by atoms with Gasteiger partial charge >= 0.3 is 0 Å². The lowest BCUT2D eigenvalue weighted by Crippen LogP contribution is -3.00. The van der Waals surface area contributed by atoms with Gasteiger partial charge in [-0.1, -0.05) is 121 Å². The highest BCUT2D eigenvalue weighted by atomic mass is 127. The van der Waals surface area contributed by atoms with Crippen molar-refractivity contribution in [3.8, 4) is 0 Å². The van der Waals surface area contributed by atoms with E-state index in [0.717, 1.165) is 26.2 Å². The van der Waals surface area contributed by atoms with Gasteiger partial charge in [0.25, 0.3) is 0 Å². The molecule has 0 N–H and O–H groups in total. The maximum Gasteiger partial charge on any atom is 0.155 e. The molecule has 4 aromatic carbocycles. The fourth-order valence-electron chi connectivity index (χ4n) is 4.14. The third-order valence-corrected chi connectivity index (χ3v) is 6.03. The molecule has 0 unspecified atom stereocenters. The molecule has 6 aromatic rings. The summed E-state index contributed by atoms with van der Waals surface area (Å²) in [6.45, 7) is 3.23. The molecule has 0 spiro atoms. The van der Waals surface area contributed by atoms with Gasteiger partial charge in [-0.25, -0.2) is 0 Å². The summed E-state index contributed by atoms with van der Waals surface area (Å²) in [5.74, 6) is 0. The van der Waals surface area contributed by atoms with Crippen molar-refractivity contribution in [1.82, 2.24) is 19.8 Å². The molecule has 6 nitrogen and oxygen atoms in total. The van der Waals surface area contributed by atoms with E-state index in [9.17, 15) is 0 Å². The molecule has 0 aliphatic heterocycles. The second-order valence-corrected chi connectivity index (χ2v) is 9.11. The van der Waals surface area contributed by atoms with Crippen molar-refractivity contribution < 1.29 is 57.3 Å². The molecule has 0 amide bonds. The number of hydrogen-bond donors (Lipinski definition) is 0. The van der Waals surface area contributed by atoms with Gasteiger partial charge in [-0.15, -0.1) is 18.7 Å². The number of hydrogen-bond acceptors (Lipinski definition) is 2. The van der Waals surface area contributed by atoms with Crippen LogP contribution in [-0.4, -0.2) is 19.8 Å². The van der Waals surface area contributed by atoms with Crippen molar-refractivity contribution in [2.45, 2.75) is 26.2 Å². The predicted octanol–water partition coefficient (Wildman–Crippen LogP) is -1.46. The molecular weight excluding hydrogens is 722 g/mol. The highest BCUT2D eigenvalue weighted by Crippen LogP contribution is 2.02. The lowest BCUT2D eigenvalue weighted by atomic mass is 10.2. The van der Waals surface area contributed by atoms with Gasteiger partial charge in [-0.05, 0) is 22.3 Å². The smallest absolute Gasteiger partial charge is 0.155 e. The normalized spacial score (nSPS) is 10.0. The molecule has 8 heteroatoms. The van der Waals surface area contributed by atoms with Crippen molar-refractivity contribution in [3.05, 3.63) is 168 Å². The minimum Gasteiger partial charge on any atom is -1.00 e. The monoisotopic (exact) mass is 754 g/mol. The van der Waals surface area contributed by atoms with Gasteiger partial charge in [0.05, 0.1) is 10.4 Å². The number of nitrogens with zero attached hydrogens (tertiary/aromatic N) is 6. The molecule has 0 bridgehead atoms. The molecule has 40 heavy (non-hydrogen) atoms. The summed E-state index contributed by atoms with van der Waals surface area (Å²) in [5.41, 5.74) is 5.05. The quantitative estimate of drug-likeness (QED) is 0.141. The number of benzene rings is 4. The largest absolute Gasteiger partial charge is 1.00 e. The van der Waals surface area contributed by atoms with Gasteiger partial charge in [-0.3, -0.25) is 0 Å². The fourth-order valence-corrected chi connectivity index (χ4v) is 4.14.